The zero-order valence-electron chi connectivity index (χ0n) is 13.3. The molecule has 0 aliphatic carbocycles. The highest BCUT2D eigenvalue weighted by Crippen LogP contribution is 2.28. The van der Waals surface area contributed by atoms with Gasteiger partial charge in [0.05, 0.1) is 30.4 Å². The van der Waals surface area contributed by atoms with Gasteiger partial charge in [0, 0.05) is 10.2 Å². The summed E-state index contributed by atoms with van der Waals surface area (Å²) >= 11 is 9.43. The first kappa shape index (κ1) is 18.3. The van der Waals surface area contributed by atoms with Gasteiger partial charge in [-0.25, -0.2) is 4.79 Å². The summed E-state index contributed by atoms with van der Waals surface area (Å²) in [6.07, 6.45) is 0. The molecule has 7 heteroatoms. The molecule has 0 fully saturated rings. The Morgan fingerprint density at radius 2 is 1.83 bits per heavy atom. The third-order valence-corrected chi connectivity index (χ3v) is 4.36. The van der Waals surface area contributed by atoms with Crippen molar-refractivity contribution >= 4 is 45.1 Å². The fraction of sp³-hybridized carbons (Fsp3) is 0.176. The molecule has 0 unspecified atom stereocenters. The predicted octanol–water partition coefficient (Wildman–Crippen LogP) is 4.46. The van der Waals surface area contributed by atoms with Crippen molar-refractivity contribution < 1.29 is 19.1 Å². The Hall–Kier alpha value is -2.05. The molecule has 2 aromatic rings. The van der Waals surface area contributed by atoms with Crippen LogP contribution in [0, 0.1) is 6.92 Å². The maximum atomic E-state index is 12.5. The minimum Gasteiger partial charge on any atom is -0.497 e. The van der Waals surface area contributed by atoms with Gasteiger partial charge in [-0.05, 0) is 58.7 Å². The molecule has 1 amide bonds. The topological polar surface area (TPSA) is 64.6 Å². The van der Waals surface area contributed by atoms with E-state index >= 15 is 0 Å². The van der Waals surface area contributed by atoms with Crippen LogP contribution in [0.2, 0.25) is 5.02 Å². The van der Waals surface area contributed by atoms with Crippen molar-refractivity contribution in [2.45, 2.75) is 6.92 Å². The molecular formula is C17H15BrClNO4. The maximum absolute atomic E-state index is 12.5. The number of ether oxygens (including phenoxy) is 2. The van der Waals surface area contributed by atoms with Gasteiger partial charge in [0.15, 0.2) is 0 Å². The standard InChI is InChI=1S/C17H15BrClNO4/c1-9-6-13(18)12(17(22)24-3)8-15(9)20-16(21)11-5-4-10(23-2)7-14(11)19/h4-8H,1-3H3,(H,20,21). The molecule has 0 saturated carbocycles. The molecule has 2 aromatic carbocycles. The number of rotatable bonds is 4. The minimum atomic E-state index is -0.500. The number of carbonyl (C=O) groups is 2. The SMILES string of the molecule is COC(=O)c1cc(NC(=O)c2ccc(OC)cc2Cl)c(C)cc1Br. The van der Waals surface area contributed by atoms with E-state index in [4.69, 9.17) is 21.1 Å². The number of methoxy groups -OCH3 is 2. The Morgan fingerprint density at radius 1 is 1.12 bits per heavy atom. The fourth-order valence-corrected chi connectivity index (χ4v) is 2.95. The highest BCUT2D eigenvalue weighted by atomic mass is 79.9. The second-order valence-electron chi connectivity index (χ2n) is 4.94. The number of benzene rings is 2. The largest absolute Gasteiger partial charge is 0.497 e. The number of halogens is 2. The van der Waals surface area contributed by atoms with Crippen molar-refractivity contribution in [3.63, 3.8) is 0 Å². The quantitative estimate of drug-likeness (QED) is 0.753. The smallest absolute Gasteiger partial charge is 0.339 e. The molecule has 0 heterocycles. The van der Waals surface area contributed by atoms with Gasteiger partial charge >= 0.3 is 5.97 Å². The summed E-state index contributed by atoms with van der Waals surface area (Å²) in [6.45, 7) is 1.82. The van der Waals surface area contributed by atoms with Crippen LogP contribution in [0.5, 0.6) is 5.75 Å². The van der Waals surface area contributed by atoms with Crippen LogP contribution in [0.4, 0.5) is 5.69 Å². The zero-order valence-corrected chi connectivity index (χ0v) is 15.6. The van der Waals surface area contributed by atoms with Gasteiger partial charge in [0.2, 0.25) is 0 Å². The molecule has 126 valence electrons. The van der Waals surface area contributed by atoms with Crippen LogP contribution < -0.4 is 10.1 Å². The summed E-state index contributed by atoms with van der Waals surface area (Å²) in [4.78, 5) is 24.2. The van der Waals surface area contributed by atoms with Gasteiger partial charge in [0.25, 0.3) is 5.91 Å². The fourth-order valence-electron chi connectivity index (χ4n) is 2.07. The third kappa shape index (κ3) is 3.88. The number of amides is 1. The lowest BCUT2D eigenvalue weighted by Crippen LogP contribution is -2.14. The molecular weight excluding hydrogens is 398 g/mol. The lowest BCUT2D eigenvalue weighted by atomic mass is 10.1. The van der Waals surface area contributed by atoms with Crippen molar-refractivity contribution in [2.24, 2.45) is 0 Å². The molecule has 0 spiro atoms. The summed E-state index contributed by atoms with van der Waals surface area (Å²) in [5, 5.41) is 3.03. The summed E-state index contributed by atoms with van der Waals surface area (Å²) in [7, 11) is 2.81. The molecule has 24 heavy (non-hydrogen) atoms. The van der Waals surface area contributed by atoms with Gasteiger partial charge < -0.3 is 14.8 Å². The van der Waals surface area contributed by atoms with E-state index in [0.29, 0.717) is 27.0 Å². The highest BCUT2D eigenvalue weighted by Gasteiger charge is 2.17. The van der Waals surface area contributed by atoms with E-state index in [2.05, 4.69) is 21.2 Å². The molecule has 0 aliphatic rings. The van der Waals surface area contributed by atoms with Crippen LogP contribution in [0.15, 0.2) is 34.8 Å². The first-order valence-electron chi connectivity index (χ1n) is 6.90. The van der Waals surface area contributed by atoms with Crippen LogP contribution in [-0.4, -0.2) is 26.1 Å². The Morgan fingerprint density at radius 3 is 2.42 bits per heavy atom. The second-order valence-corrected chi connectivity index (χ2v) is 6.20. The van der Waals surface area contributed by atoms with Crippen LogP contribution in [0.25, 0.3) is 0 Å². The van der Waals surface area contributed by atoms with E-state index in [-0.39, 0.29) is 10.9 Å². The van der Waals surface area contributed by atoms with E-state index in [1.165, 1.54) is 14.2 Å². The van der Waals surface area contributed by atoms with Crippen molar-refractivity contribution in [3.05, 3.63) is 56.5 Å². The molecule has 0 saturated heterocycles. The maximum Gasteiger partial charge on any atom is 0.339 e. The van der Waals surface area contributed by atoms with Crippen molar-refractivity contribution in [1.82, 2.24) is 0 Å². The highest BCUT2D eigenvalue weighted by molar-refractivity contribution is 9.10. The van der Waals surface area contributed by atoms with Crippen molar-refractivity contribution in [1.29, 1.82) is 0 Å². The van der Waals surface area contributed by atoms with Gasteiger partial charge in [-0.1, -0.05) is 11.6 Å². The summed E-state index contributed by atoms with van der Waals surface area (Å²) in [5.41, 5.74) is 1.90. The number of hydrogen-bond donors (Lipinski definition) is 1. The lowest BCUT2D eigenvalue weighted by molar-refractivity contribution is 0.0599. The Balaban J connectivity index is 2.33. The normalized spacial score (nSPS) is 10.2. The Kier molecular flexibility index (Phi) is 5.85. The van der Waals surface area contributed by atoms with E-state index in [0.717, 1.165) is 5.56 Å². The molecule has 0 bridgehead atoms. The average molecular weight is 413 g/mol. The molecule has 1 N–H and O–H groups in total. The van der Waals surface area contributed by atoms with Gasteiger partial charge in [-0.15, -0.1) is 0 Å². The molecule has 0 radical (unpaired) electrons. The monoisotopic (exact) mass is 411 g/mol. The zero-order chi connectivity index (χ0) is 17.9. The first-order valence-corrected chi connectivity index (χ1v) is 8.07. The van der Waals surface area contributed by atoms with Gasteiger partial charge in [0.1, 0.15) is 5.75 Å². The minimum absolute atomic E-state index is 0.273. The molecule has 0 atom stereocenters. The molecule has 2 rings (SSSR count). The molecule has 0 aliphatic heterocycles. The lowest BCUT2D eigenvalue weighted by Gasteiger charge is -2.12. The third-order valence-electron chi connectivity index (χ3n) is 3.39. The van der Waals surface area contributed by atoms with E-state index in [1.807, 2.05) is 6.92 Å². The number of aryl methyl sites for hydroxylation is 1. The Bertz CT molecular complexity index is 807. The number of nitrogens with one attached hydrogen (secondary N) is 1. The summed E-state index contributed by atoms with van der Waals surface area (Å²) in [6, 6.07) is 8.07. The van der Waals surface area contributed by atoms with E-state index in [1.54, 1.807) is 30.3 Å². The molecule has 0 aromatic heterocycles. The van der Waals surface area contributed by atoms with Crippen LogP contribution in [-0.2, 0) is 4.74 Å². The number of anilines is 1. The van der Waals surface area contributed by atoms with Crippen LogP contribution >= 0.6 is 27.5 Å². The van der Waals surface area contributed by atoms with Crippen molar-refractivity contribution in [3.8, 4) is 5.75 Å². The number of carbonyl (C=O) groups excluding carboxylic acids is 2. The van der Waals surface area contributed by atoms with E-state index < -0.39 is 5.97 Å². The Labute approximate surface area is 153 Å². The first-order chi connectivity index (χ1) is 11.4. The van der Waals surface area contributed by atoms with Crippen LogP contribution in [0.1, 0.15) is 26.3 Å². The number of esters is 1. The van der Waals surface area contributed by atoms with Gasteiger partial charge in [-0.2, -0.15) is 0 Å². The van der Waals surface area contributed by atoms with Gasteiger partial charge in [-0.3, -0.25) is 4.79 Å². The molecule has 5 nitrogen and oxygen atoms in total. The number of hydrogen-bond acceptors (Lipinski definition) is 4. The predicted molar refractivity (Wildman–Crippen MR) is 96.2 cm³/mol. The van der Waals surface area contributed by atoms with E-state index in [9.17, 15) is 9.59 Å². The summed E-state index contributed by atoms with van der Waals surface area (Å²) < 4.78 is 10.4. The summed E-state index contributed by atoms with van der Waals surface area (Å²) in [5.74, 6) is -0.326. The van der Waals surface area contributed by atoms with Crippen molar-refractivity contribution in [2.75, 3.05) is 19.5 Å². The van der Waals surface area contributed by atoms with Crippen LogP contribution in [0.3, 0.4) is 0 Å². The second kappa shape index (κ2) is 7.68. The average Bonchev–Trinajstić information content (AvgIpc) is 2.56.